The van der Waals surface area contributed by atoms with Gasteiger partial charge in [0.2, 0.25) is 0 Å². The minimum Gasteiger partial charge on any atom is -0.383 e. The van der Waals surface area contributed by atoms with Gasteiger partial charge < -0.3 is 5.73 Å². The van der Waals surface area contributed by atoms with Crippen LogP contribution in [0.25, 0.3) is 16.8 Å². The van der Waals surface area contributed by atoms with Gasteiger partial charge in [-0.2, -0.15) is 22.8 Å². The highest BCUT2D eigenvalue weighted by Crippen LogP contribution is 2.35. The van der Waals surface area contributed by atoms with Crippen LogP contribution in [0.2, 0.25) is 0 Å². The second-order valence-corrected chi connectivity index (χ2v) is 8.44. The maximum atomic E-state index is 13.2. The first kappa shape index (κ1) is 20.7. The van der Waals surface area contributed by atoms with Gasteiger partial charge in [-0.05, 0) is 42.3 Å². The minimum atomic E-state index is -4.80. The molecule has 160 valence electrons. The number of hydrogen-bond donors (Lipinski definition) is 2. The number of alkyl halides is 3. The van der Waals surface area contributed by atoms with E-state index in [4.69, 9.17) is 5.73 Å². The fourth-order valence-corrected chi connectivity index (χ4v) is 4.55. The molecule has 0 fully saturated rings. The van der Waals surface area contributed by atoms with E-state index in [0.29, 0.717) is 28.2 Å². The molecule has 11 heteroatoms. The van der Waals surface area contributed by atoms with Crippen LogP contribution in [0.4, 0.5) is 24.7 Å². The summed E-state index contributed by atoms with van der Waals surface area (Å²) in [5, 5.41) is 4.11. The van der Waals surface area contributed by atoms with Crippen LogP contribution in [0.5, 0.6) is 0 Å². The average Bonchev–Trinajstić information content (AvgIpc) is 3.18. The predicted octanol–water partition coefficient (Wildman–Crippen LogP) is 4.11. The normalized spacial score (nSPS) is 12.3. The molecule has 2 aromatic carbocycles. The van der Waals surface area contributed by atoms with Crippen molar-refractivity contribution in [3.63, 3.8) is 0 Å². The molecule has 31 heavy (non-hydrogen) atoms. The quantitative estimate of drug-likeness (QED) is 0.490. The first-order chi connectivity index (χ1) is 14.6. The highest BCUT2D eigenvalue weighted by atomic mass is 32.2. The number of nitrogen functional groups attached to an aromatic ring is 1. The van der Waals surface area contributed by atoms with Crippen molar-refractivity contribution in [2.24, 2.45) is 0 Å². The molecule has 3 N–H and O–H groups in total. The zero-order valence-corrected chi connectivity index (χ0v) is 16.9. The molecule has 2 heterocycles. The fourth-order valence-electron chi connectivity index (χ4n) is 3.27. The Hall–Kier alpha value is -3.60. The van der Waals surface area contributed by atoms with Gasteiger partial charge in [0, 0.05) is 23.5 Å². The molecular weight excluding hydrogens is 431 g/mol. The van der Waals surface area contributed by atoms with Crippen molar-refractivity contribution in [2.75, 3.05) is 10.5 Å². The number of nitrogens with one attached hydrogen (secondary N) is 1. The summed E-state index contributed by atoms with van der Waals surface area (Å²) in [5.74, 6) is 0.352. The van der Waals surface area contributed by atoms with E-state index in [1.807, 2.05) is 0 Å². The van der Waals surface area contributed by atoms with Gasteiger partial charge in [0.05, 0.1) is 16.7 Å². The smallest absolute Gasteiger partial charge is 0.383 e. The number of nitrogens with two attached hydrogens (primary N) is 1. The fraction of sp³-hybridized carbons (Fsp3) is 0.100. The standard InChI is InChI=1S/C20H16F3N5O2S/c1-12-10-13(27-31(29,30)17-5-3-2-4-16(17)20(21,22)23)6-7-14(12)15-11-25-18-8-9-26-28(18)19(15)24/h2-11,27H,24H2,1H3. The Morgan fingerprint density at radius 1 is 1.06 bits per heavy atom. The van der Waals surface area contributed by atoms with E-state index in [0.717, 1.165) is 18.2 Å². The van der Waals surface area contributed by atoms with E-state index in [1.54, 1.807) is 31.5 Å². The number of benzene rings is 2. The Balaban J connectivity index is 1.70. The lowest BCUT2D eigenvalue weighted by atomic mass is 10.0. The Morgan fingerprint density at radius 3 is 2.52 bits per heavy atom. The third kappa shape index (κ3) is 3.79. The first-order valence-electron chi connectivity index (χ1n) is 8.96. The molecule has 0 saturated heterocycles. The van der Waals surface area contributed by atoms with Gasteiger partial charge in [-0.1, -0.05) is 18.2 Å². The maximum absolute atomic E-state index is 13.2. The molecule has 0 aliphatic rings. The highest BCUT2D eigenvalue weighted by Gasteiger charge is 2.36. The summed E-state index contributed by atoms with van der Waals surface area (Å²) >= 11 is 0. The van der Waals surface area contributed by atoms with Gasteiger partial charge in [0.25, 0.3) is 10.0 Å². The van der Waals surface area contributed by atoms with E-state index in [2.05, 4.69) is 14.8 Å². The second-order valence-electron chi connectivity index (χ2n) is 6.79. The monoisotopic (exact) mass is 447 g/mol. The lowest BCUT2D eigenvalue weighted by Crippen LogP contribution is -2.19. The van der Waals surface area contributed by atoms with Crippen LogP contribution in [-0.4, -0.2) is 23.0 Å². The van der Waals surface area contributed by atoms with Gasteiger partial charge in [-0.3, -0.25) is 4.72 Å². The number of aryl methyl sites for hydroxylation is 1. The van der Waals surface area contributed by atoms with E-state index in [9.17, 15) is 21.6 Å². The summed E-state index contributed by atoms with van der Waals surface area (Å²) in [6.45, 7) is 1.73. The third-order valence-corrected chi connectivity index (χ3v) is 6.14. The molecule has 4 rings (SSSR count). The van der Waals surface area contributed by atoms with Gasteiger partial charge in [-0.15, -0.1) is 0 Å². The molecule has 0 atom stereocenters. The van der Waals surface area contributed by atoms with Crippen LogP contribution in [0.15, 0.2) is 65.8 Å². The Bertz CT molecular complexity index is 1400. The van der Waals surface area contributed by atoms with Gasteiger partial charge >= 0.3 is 6.18 Å². The maximum Gasteiger partial charge on any atom is 0.417 e. The molecule has 7 nitrogen and oxygen atoms in total. The van der Waals surface area contributed by atoms with Crippen molar-refractivity contribution >= 4 is 27.2 Å². The zero-order chi connectivity index (χ0) is 22.4. The van der Waals surface area contributed by atoms with Crippen LogP contribution < -0.4 is 10.5 Å². The summed E-state index contributed by atoms with van der Waals surface area (Å²) in [7, 11) is -4.47. The molecule has 4 aromatic rings. The van der Waals surface area contributed by atoms with Crippen molar-refractivity contribution in [2.45, 2.75) is 18.0 Å². The number of nitrogens with zero attached hydrogens (tertiary/aromatic N) is 3. The van der Waals surface area contributed by atoms with Crippen LogP contribution in [0.1, 0.15) is 11.1 Å². The number of hydrogen-bond acceptors (Lipinski definition) is 5. The average molecular weight is 447 g/mol. The molecule has 0 spiro atoms. The number of aromatic nitrogens is 3. The lowest BCUT2D eigenvalue weighted by molar-refractivity contribution is -0.139. The number of rotatable bonds is 4. The molecule has 2 aromatic heterocycles. The SMILES string of the molecule is Cc1cc(NS(=O)(=O)c2ccccc2C(F)(F)F)ccc1-c1cnc2ccnn2c1N. The molecule has 0 amide bonds. The molecule has 0 radical (unpaired) electrons. The Kier molecular flexibility index (Phi) is 4.85. The van der Waals surface area contributed by atoms with Gasteiger partial charge in [0.15, 0.2) is 5.65 Å². The summed E-state index contributed by atoms with van der Waals surface area (Å²) in [6, 6.07) is 10.3. The van der Waals surface area contributed by atoms with Crippen molar-refractivity contribution in [3.8, 4) is 11.1 Å². The topological polar surface area (TPSA) is 102 Å². The van der Waals surface area contributed by atoms with Crippen molar-refractivity contribution in [1.29, 1.82) is 0 Å². The van der Waals surface area contributed by atoms with Gasteiger partial charge in [0.1, 0.15) is 5.82 Å². The van der Waals surface area contributed by atoms with Crippen LogP contribution in [0, 0.1) is 6.92 Å². The molecule has 0 bridgehead atoms. The second kappa shape index (κ2) is 7.27. The first-order valence-corrected chi connectivity index (χ1v) is 10.4. The number of fused-ring (bicyclic) bond motifs is 1. The van der Waals surface area contributed by atoms with Crippen LogP contribution in [0.3, 0.4) is 0 Å². The number of halogens is 3. The van der Waals surface area contributed by atoms with E-state index in [-0.39, 0.29) is 5.69 Å². The Labute approximate surface area is 175 Å². The molecule has 0 aliphatic heterocycles. The molecular formula is C20H16F3N5O2S. The van der Waals surface area contributed by atoms with E-state index < -0.39 is 26.7 Å². The summed E-state index contributed by atoms with van der Waals surface area (Å²) in [4.78, 5) is 3.43. The van der Waals surface area contributed by atoms with E-state index in [1.165, 1.54) is 22.7 Å². The largest absolute Gasteiger partial charge is 0.417 e. The summed E-state index contributed by atoms with van der Waals surface area (Å²) in [5.41, 5.74) is 7.55. The number of anilines is 2. The number of sulfonamides is 1. The highest BCUT2D eigenvalue weighted by molar-refractivity contribution is 7.92. The van der Waals surface area contributed by atoms with Crippen molar-refractivity contribution in [1.82, 2.24) is 14.6 Å². The molecule has 0 unspecified atom stereocenters. The summed E-state index contributed by atoms with van der Waals surface area (Å²) < 4.78 is 68.7. The van der Waals surface area contributed by atoms with Crippen LogP contribution in [-0.2, 0) is 16.2 Å². The van der Waals surface area contributed by atoms with Crippen LogP contribution >= 0.6 is 0 Å². The van der Waals surface area contributed by atoms with Crippen molar-refractivity contribution in [3.05, 3.63) is 72.1 Å². The van der Waals surface area contributed by atoms with Gasteiger partial charge in [-0.25, -0.2) is 13.4 Å². The lowest BCUT2D eigenvalue weighted by Gasteiger charge is -2.15. The third-order valence-electron chi connectivity index (χ3n) is 4.70. The minimum absolute atomic E-state index is 0.116. The van der Waals surface area contributed by atoms with E-state index >= 15 is 0 Å². The summed E-state index contributed by atoms with van der Waals surface area (Å²) in [6.07, 6.45) is -1.66. The molecule has 0 aliphatic carbocycles. The predicted molar refractivity (Wildman–Crippen MR) is 110 cm³/mol. The molecule has 0 saturated carbocycles. The Morgan fingerprint density at radius 2 is 1.81 bits per heavy atom. The zero-order valence-electron chi connectivity index (χ0n) is 16.1. The van der Waals surface area contributed by atoms with Crippen molar-refractivity contribution < 1.29 is 21.6 Å².